The topological polar surface area (TPSA) is 41.6 Å². The standard InChI is InChI=1S/C33H56BN2O2S.C2H6.CH4/c1-30(2,3)35-29(37)33(8,21-13-14-22-34-38-31(4,5)32(6,7)39)26-19-23-36(24-20-26)28-18-12-10-16-25-15-9-11-17-27(25)28;1-2;/h9,11,15,17,26,28,39H,10,12-14,16,18-24H2,1-8H3,(H,35,37);1-2H3;1H4. The zero-order valence-electron chi connectivity index (χ0n) is 28.2. The van der Waals surface area contributed by atoms with Crippen molar-refractivity contribution >= 4 is 26.0 Å². The van der Waals surface area contributed by atoms with Crippen LogP contribution in [0.4, 0.5) is 0 Å². The first-order valence-corrected chi connectivity index (χ1v) is 17.0. The number of carbonyl (C=O) groups excluding carboxylic acids is 1. The second-order valence-corrected chi connectivity index (χ2v) is 15.6. The minimum atomic E-state index is -0.353. The molecule has 2 unspecified atom stereocenters. The minimum Gasteiger partial charge on any atom is -0.434 e. The van der Waals surface area contributed by atoms with Crippen LogP contribution in [-0.2, 0) is 15.9 Å². The summed E-state index contributed by atoms with van der Waals surface area (Å²) < 4.78 is 5.85. The Hall–Kier alpha value is -0.975. The molecule has 1 radical (unpaired) electrons. The van der Waals surface area contributed by atoms with Gasteiger partial charge in [0.15, 0.2) is 0 Å². The first kappa shape index (κ1) is 39.0. The van der Waals surface area contributed by atoms with E-state index in [0.717, 1.165) is 51.5 Å². The Morgan fingerprint density at radius 2 is 1.60 bits per heavy atom. The van der Waals surface area contributed by atoms with Crippen molar-refractivity contribution in [2.75, 3.05) is 13.1 Å². The molecule has 2 aliphatic rings. The summed E-state index contributed by atoms with van der Waals surface area (Å²) in [5.74, 6) is 0.632. The number of likely N-dealkylation sites (tertiary alicyclic amines) is 1. The minimum absolute atomic E-state index is 0. The van der Waals surface area contributed by atoms with E-state index >= 15 is 0 Å². The molecule has 3 rings (SSSR count). The molecule has 0 saturated carbocycles. The number of nitrogens with zero attached hydrogens (tertiary/aromatic N) is 1. The molecule has 6 heteroatoms. The summed E-state index contributed by atoms with van der Waals surface area (Å²) >= 11 is 4.70. The molecule has 1 aromatic rings. The molecule has 1 fully saturated rings. The maximum Gasteiger partial charge on any atom is 0.293 e. The molecular formula is C36H66BN2O2S. The number of carbonyl (C=O) groups is 1. The lowest BCUT2D eigenvalue weighted by Gasteiger charge is -2.45. The number of benzene rings is 1. The lowest BCUT2D eigenvalue weighted by atomic mass is 9.67. The lowest BCUT2D eigenvalue weighted by Crippen LogP contribution is -2.53. The number of nitrogens with one attached hydrogen (secondary N) is 1. The molecule has 1 aliphatic carbocycles. The predicted octanol–water partition coefficient (Wildman–Crippen LogP) is 9.46. The molecule has 1 saturated heterocycles. The van der Waals surface area contributed by atoms with E-state index in [4.69, 9.17) is 17.3 Å². The van der Waals surface area contributed by atoms with Gasteiger partial charge in [0.05, 0.1) is 5.60 Å². The van der Waals surface area contributed by atoms with Gasteiger partial charge in [-0.05, 0) is 117 Å². The highest BCUT2D eigenvalue weighted by atomic mass is 32.1. The Morgan fingerprint density at radius 1 is 0.976 bits per heavy atom. The highest BCUT2D eigenvalue weighted by molar-refractivity contribution is 7.81. The van der Waals surface area contributed by atoms with Gasteiger partial charge in [-0.15, -0.1) is 0 Å². The van der Waals surface area contributed by atoms with E-state index in [1.807, 2.05) is 21.3 Å². The van der Waals surface area contributed by atoms with Crippen LogP contribution >= 0.6 is 12.6 Å². The van der Waals surface area contributed by atoms with Crippen molar-refractivity contribution in [2.24, 2.45) is 11.3 Å². The largest absolute Gasteiger partial charge is 0.434 e. The van der Waals surface area contributed by atoms with E-state index in [0.29, 0.717) is 12.0 Å². The monoisotopic (exact) mass is 601 g/mol. The molecule has 1 heterocycles. The van der Waals surface area contributed by atoms with Crippen molar-refractivity contribution in [1.82, 2.24) is 10.2 Å². The van der Waals surface area contributed by atoms with Gasteiger partial charge in [0.25, 0.3) is 7.48 Å². The van der Waals surface area contributed by atoms with Gasteiger partial charge >= 0.3 is 0 Å². The Morgan fingerprint density at radius 3 is 2.19 bits per heavy atom. The number of thiol groups is 1. The zero-order valence-corrected chi connectivity index (χ0v) is 29.1. The number of hydrogen-bond donors (Lipinski definition) is 2. The number of rotatable bonds is 11. The van der Waals surface area contributed by atoms with Crippen molar-refractivity contribution < 1.29 is 9.45 Å². The van der Waals surface area contributed by atoms with E-state index in [1.54, 1.807) is 11.1 Å². The molecule has 1 aliphatic heterocycles. The van der Waals surface area contributed by atoms with Crippen molar-refractivity contribution in [3.05, 3.63) is 35.4 Å². The molecule has 0 spiro atoms. The quantitative estimate of drug-likeness (QED) is 0.115. The van der Waals surface area contributed by atoms with Crippen LogP contribution in [-0.4, -0.2) is 47.3 Å². The molecule has 1 amide bonds. The zero-order chi connectivity index (χ0) is 30.9. The molecule has 1 N–H and O–H groups in total. The molecule has 2 atom stereocenters. The van der Waals surface area contributed by atoms with Crippen molar-refractivity contribution in [3.8, 4) is 0 Å². The van der Waals surface area contributed by atoms with Gasteiger partial charge in [-0.1, -0.05) is 78.0 Å². The third-order valence-electron chi connectivity index (χ3n) is 9.59. The molecule has 42 heavy (non-hydrogen) atoms. The third-order valence-corrected chi connectivity index (χ3v) is 10.1. The normalized spacial score (nSPS) is 20.1. The number of piperidine rings is 1. The number of unbranched alkanes of at least 4 members (excludes halogenated alkanes) is 1. The molecule has 4 nitrogen and oxygen atoms in total. The number of fused-ring (bicyclic) bond motifs is 1. The average molecular weight is 602 g/mol. The Bertz CT molecular complexity index is 931. The van der Waals surface area contributed by atoms with Gasteiger partial charge in [0, 0.05) is 21.7 Å². The van der Waals surface area contributed by atoms with E-state index < -0.39 is 0 Å². The van der Waals surface area contributed by atoms with Crippen LogP contribution in [0.25, 0.3) is 0 Å². The SMILES string of the molecule is C.CC.CC(C)(C)NC(=O)C(C)(CCCC[B]OC(C)(C)C(C)(C)S)C1CCN(C2CCCCc3ccccc32)CC1. The maximum atomic E-state index is 13.8. The van der Waals surface area contributed by atoms with Gasteiger partial charge in [-0.25, -0.2) is 0 Å². The fourth-order valence-electron chi connectivity index (χ4n) is 6.24. The highest BCUT2D eigenvalue weighted by Gasteiger charge is 2.44. The van der Waals surface area contributed by atoms with Crippen LogP contribution in [0.2, 0.25) is 6.32 Å². The lowest BCUT2D eigenvalue weighted by molar-refractivity contribution is -0.137. The molecule has 241 valence electrons. The molecule has 0 bridgehead atoms. The smallest absolute Gasteiger partial charge is 0.293 e. The summed E-state index contributed by atoms with van der Waals surface area (Å²) in [5, 5.41) is 3.35. The van der Waals surface area contributed by atoms with Crippen LogP contribution in [0.5, 0.6) is 0 Å². The number of hydrogen-bond acceptors (Lipinski definition) is 4. The van der Waals surface area contributed by atoms with Crippen LogP contribution in [0, 0.1) is 11.3 Å². The summed E-state index contributed by atoms with van der Waals surface area (Å²) in [7, 11) is 1.95. The summed E-state index contributed by atoms with van der Waals surface area (Å²) in [6.07, 6.45) is 11.1. The van der Waals surface area contributed by atoms with Crippen molar-refractivity contribution in [3.63, 3.8) is 0 Å². The maximum absolute atomic E-state index is 13.8. The van der Waals surface area contributed by atoms with E-state index in [-0.39, 0.29) is 34.6 Å². The molecule has 1 aromatic carbocycles. The second-order valence-electron chi connectivity index (χ2n) is 14.5. The first-order valence-electron chi connectivity index (χ1n) is 16.5. The van der Waals surface area contributed by atoms with Crippen LogP contribution in [0.1, 0.15) is 145 Å². The number of amides is 1. The van der Waals surface area contributed by atoms with Gasteiger partial charge in [-0.2, -0.15) is 12.6 Å². The van der Waals surface area contributed by atoms with Crippen LogP contribution < -0.4 is 5.32 Å². The first-order chi connectivity index (χ1) is 19.1. The fourth-order valence-corrected chi connectivity index (χ4v) is 6.29. The van der Waals surface area contributed by atoms with Gasteiger partial charge in [-0.3, -0.25) is 9.69 Å². The molecular weight excluding hydrogens is 535 g/mol. The summed E-state index contributed by atoms with van der Waals surface area (Å²) in [5.41, 5.74) is 2.18. The third kappa shape index (κ3) is 10.9. The fraction of sp³-hybridized carbons (Fsp3) is 0.806. The van der Waals surface area contributed by atoms with Crippen molar-refractivity contribution in [2.45, 2.75) is 163 Å². The van der Waals surface area contributed by atoms with E-state index in [2.05, 4.69) is 89.9 Å². The Kier molecular flexibility index (Phi) is 15.7. The summed E-state index contributed by atoms with van der Waals surface area (Å²) in [6.45, 7) is 23.0. The van der Waals surface area contributed by atoms with Gasteiger partial charge in [0.1, 0.15) is 0 Å². The van der Waals surface area contributed by atoms with Crippen LogP contribution in [0.15, 0.2) is 24.3 Å². The van der Waals surface area contributed by atoms with E-state index in [9.17, 15) is 4.79 Å². The van der Waals surface area contributed by atoms with Crippen LogP contribution in [0.3, 0.4) is 0 Å². The average Bonchev–Trinajstić information content (AvgIpc) is 3.13. The van der Waals surface area contributed by atoms with Gasteiger partial charge in [0.2, 0.25) is 5.91 Å². The number of aryl methyl sites for hydroxylation is 1. The molecule has 0 aromatic heterocycles. The Balaban J connectivity index is 0.00000288. The highest BCUT2D eigenvalue weighted by Crippen LogP contribution is 2.43. The summed E-state index contributed by atoms with van der Waals surface area (Å²) in [4.78, 5) is 16.5. The van der Waals surface area contributed by atoms with Gasteiger partial charge < -0.3 is 9.97 Å². The van der Waals surface area contributed by atoms with Crippen molar-refractivity contribution in [1.29, 1.82) is 0 Å². The summed E-state index contributed by atoms with van der Waals surface area (Å²) in [6, 6.07) is 9.62. The Labute approximate surface area is 267 Å². The second kappa shape index (κ2) is 16.9. The van der Waals surface area contributed by atoms with E-state index in [1.165, 1.54) is 25.7 Å². The predicted molar refractivity (Wildman–Crippen MR) is 188 cm³/mol.